The predicted molar refractivity (Wildman–Crippen MR) is 173 cm³/mol. The zero-order valence-electron chi connectivity index (χ0n) is 25.6. The Morgan fingerprint density at radius 3 is 2.07 bits per heavy atom. The van der Waals surface area contributed by atoms with Crippen LogP contribution < -0.4 is 19.9 Å². The topological polar surface area (TPSA) is 99.2 Å². The van der Waals surface area contributed by atoms with Crippen molar-refractivity contribution in [2.24, 2.45) is 0 Å². The molecule has 4 rings (SSSR count). The highest BCUT2D eigenvalue weighted by atomic mass is 32.1. The monoisotopic (exact) mass is 605 g/mol. The minimum Gasteiger partial charge on any atom is -0.494 e. The molecule has 0 saturated carbocycles. The number of carboxylic acids is 1. The summed E-state index contributed by atoms with van der Waals surface area (Å²) in [5.74, 6) is -0.688. The predicted octanol–water partition coefficient (Wildman–Crippen LogP) is 7.27. The number of unbranched alkanes of at least 4 members (excludes halogenated alkanes) is 4. The summed E-state index contributed by atoms with van der Waals surface area (Å²) in [4.78, 5) is 43.0. The van der Waals surface area contributed by atoms with E-state index in [4.69, 9.17) is 4.74 Å². The number of urea groups is 1. The molecule has 43 heavy (non-hydrogen) atoms. The van der Waals surface area contributed by atoms with Crippen molar-refractivity contribution in [1.29, 1.82) is 0 Å². The number of aliphatic carboxylic acids is 1. The van der Waals surface area contributed by atoms with Crippen LogP contribution in [0.25, 0.3) is 0 Å². The number of nitrogens with one attached hydrogen (secondary N) is 1. The van der Waals surface area contributed by atoms with Gasteiger partial charge in [0.1, 0.15) is 11.8 Å². The van der Waals surface area contributed by atoms with Gasteiger partial charge in [-0.05, 0) is 65.9 Å². The van der Waals surface area contributed by atoms with Crippen molar-refractivity contribution in [3.63, 3.8) is 0 Å². The van der Waals surface area contributed by atoms with E-state index in [0.717, 1.165) is 34.0 Å². The van der Waals surface area contributed by atoms with Gasteiger partial charge >= 0.3 is 12.0 Å². The first-order chi connectivity index (χ1) is 20.6. The molecule has 2 aromatic carbocycles. The molecule has 0 spiro atoms. The molecule has 9 heteroatoms. The molecule has 0 bridgehead atoms. The SMILES string of the molecule is CCCCCCCOc1ccc(N2CCN(c3ccc(CC(NC(=O)c4ccc(C(C)(C)C)s4)C(=O)O)cc3)C2=O)cc1. The zero-order valence-corrected chi connectivity index (χ0v) is 26.4. The van der Waals surface area contributed by atoms with Gasteiger partial charge < -0.3 is 15.2 Å². The molecule has 1 saturated heterocycles. The van der Waals surface area contributed by atoms with E-state index in [9.17, 15) is 19.5 Å². The van der Waals surface area contributed by atoms with Crippen LogP contribution in [0.1, 0.15) is 79.9 Å². The van der Waals surface area contributed by atoms with Gasteiger partial charge in [0.15, 0.2) is 0 Å². The molecule has 3 amide bonds. The Morgan fingerprint density at radius 1 is 0.907 bits per heavy atom. The van der Waals surface area contributed by atoms with Gasteiger partial charge in [0, 0.05) is 35.8 Å². The van der Waals surface area contributed by atoms with E-state index < -0.39 is 17.9 Å². The summed E-state index contributed by atoms with van der Waals surface area (Å²) in [7, 11) is 0. The minimum absolute atomic E-state index is 0.0859. The van der Waals surface area contributed by atoms with Crippen LogP contribution in [0.15, 0.2) is 60.7 Å². The van der Waals surface area contributed by atoms with E-state index in [1.54, 1.807) is 15.9 Å². The highest BCUT2D eigenvalue weighted by Gasteiger charge is 2.31. The van der Waals surface area contributed by atoms with E-state index in [2.05, 4.69) is 33.0 Å². The fourth-order valence-electron chi connectivity index (χ4n) is 4.97. The fourth-order valence-corrected chi connectivity index (χ4v) is 5.94. The van der Waals surface area contributed by atoms with Crippen LogP contribution in [0.2, 0.25) is 0 Å². The van der Waals surface area contributed by atoms with Gasteiger partial charge in [-0.25, -0.2) is 9.59 Å². The molecule has 1 aromatic heterocycles. The Morgan fingerprint density at radius 2 is 1.51 bits per heavy atom. The van der Waals surface area contributed by atoms with E-state index in [-0.39, 0.29) is 17.9 Å². The van der Waals surface area contributed by atoms with Gasteiger partial charge in [0.2, 0.25) is 0 Å². The lowest BCUT2D eigenvalue weighted by molar-refractivity contribution is -0.139. The smallest absolute Gasteiger partial charge is 0.329 e. The van der Waals surface area contributed by atoms with Crippen LogP contribution in [-0.4, -0.2) is 48.8 Å². The average molecular weight is 606 g/mol. The number of anilines is 2. The highest BCUT2D eigenvalue weighted by molar-refractivity contribution is 7.14. The second kappa shape index (κ2) is 14.6. The molecule has 8 nitrogen and oxygen atoms in total. The van der Waals surface area contributed by atoms with Crippen LogP contribution in [0.5, 0.6) is 5.75 Å². The van der Waals surface area contributed by atoms with E-state index in [1.165, 1.54) is 37.0 Å². The molecule has 1 aliphatic heterocycles. The maximum atomic E-state index is 13.3. The van der Waals surface area contributed by atoms with E-state index >= 15 is 0 Å². The summed E-state index contributed by atoms with van der Waals surface area (Å²) in [6.07, 6.45) is 6.08. The zero-order chi connectivity index (χ0) is 31.0. The van der Waals surface area contributed by atoms with Crippen LogP contribution in [0.4, 0.5) is 16.2 Å². The Hall–Kier alpha value is -3.85. The number of carbonyl (C=O) groups is 3. The average Bonchev–Trinajstić information content (AvgIpc) is 3.63. The molecule has 230 valence electrons. The molecule has 1 atom stereocenters. The van der Waals surface area contributed by atoms with Crippen molar-refractivity contribution in [2.75, 3.05) is 29.5 Å². The van der Waals surface area contributed by atoms with E-state index in [1.807, 2.05) is 54.6 Å². The molecule has 2 heterocycles. The Balaban J connectivity index is 1.31. The summed E-state index contributed by atoms with van der Waals surface area (Å²) >= 11 is 1.38. The first kappa shape index (κ1) is 32.1. The van der Waals surface area contributed by atoms with Crippen LogP contribution in [0.3, 0.4) is 0 Å². The molecule has 0 aliphatic carbocycles. The van der Waals surface area contributed by atoms with Crippen LogP contribution in [0, 0.1) is 0 Å². The van der Waals surface area contributed by atoms with Gasteiger partial charge in [0.05, 0.1) is 11.5 Å². The maximum absolute atomic E-state index is 13.3. The second-order valence-electron chi connectivity index (χ2n) is 12.0. The third-order valence-corrected chi connectivity index (χ3v) is 9.04. The quantitative estimate of drug-likeness (QED) is 0.188. The van der Waals surface area contributed by atoms with Gasteiger partial charge in [-0.2, -0.15) is 0 Å². The lowest BCUT2D eigenvalue weighted by atomic mass is 9.95. The summed E-state index contributed by atoms with van der Waals surface area (Å²) in [5, 5.41) is 12.4. The number of benzene rings is 2. The molecular weight excluding hydrogens is 562 g/mol. The minimum atomic E-state index is -1.10. The standard InChI is InChI=1S/C34H43N3O5S/c1-5-6-7-8-9-22-42-27-16-14-26(15-17-27)37-21-20-36(33(37)41)25-12-10-24(11-13-25)23-28(32(39)40)35-31(38)29-18-19-30(43-29)34(2,3)4/h10-19,28H,5-9,20-23H2,1-4H3,(H,35,38)(H,39,40). The van der Waals surface area contributed by atoms with Crippen molar-refractivity contribution >= 4 is 40.6 Å². The van der Waals surface area contributed by atoms with Gasteiger partial charge in [0.25, 0.3) is 5.91 Å². The molecule has 1 unspecified atom stereocenters. The number of carboxylic acid groups (broad SMARTS) is 1. The van der Waals surface area contributed by atoms with Crippen molar-refractivity contribution in [3.05, 3.63) is 76.0 Å². The Bertz CT molecular complexity index is 1380. The fraction of sp³-hybridized carbons (Fsp3) is 0.441. The van der Waals surface area contributed by atoms with Crippen molar-refractivity contribution < 1.29 is 24.2 Å². The number of hydrogen-bond donors (Lipinski definition) is 2. The lowest BCUT2D eigenvalue weighted by Crippen LogP contribution is -2.42. The summed E-state index contributed by atoms with van der Waals surface area (Å²) in [6, 6.07) is 17.4. The molecular formula is C34H43N3O5S. The number of rotatable bonds is 14. The summed E-state index contributed by atoms with van der Waals surface area (Å²) in [5.41, 5.74) is 2.23. The first-order valence-electron chi connectivity index (χ1n) is 15.1. The lowest BCUT2D eigenvalue weighted by Gasteiger charge is -2.20. The van der Waals surface area contributed by atoms with Crippen LogP contribution >= 0.6 is 11.3 Å². The summed E-state index contributed by atoms with van der Waals surface area (Å²) in [6.45, 7) is 10.2. The molecule has 0 radical (unpaired) electrons. The Labute approximate surface area is 258 Å². The summed E-state index contributed by atoms with van der Waals surface area (Å²) < 4.78 is 5.86. The van der Waals surface area contributed by atoms with Gasteiger partial charge in [-0.15, -0.1) is 11.3 Å². The van der Waals surface area contributed by atoms with Gasteiger partial charge in [-0.1, -0.05) is 65.5 Å². The number of thiophene rings is 1. The number of amides is 3. The molecule has 2 N–H and O–H groups in total. The maximum Gasteiger partial charge on any atom is 0.329 e. The third-order valence-electron chi connectivity index (χ3n) is 7.53. The number of carbonyl (C=O) groups excluding carboxylic acids is 2. The number of hydrogen-bond acceptors (Lipinski definition) is 5. The van der Waals surface area contributed by atoms with Gasteiger partial charge in [-0.3, -0.25) is 14.6 Å². The normalized spacial score (nSPS) is 14.2. The van der Waals surface area contributed by atoms with Crippen molar-refractivity contribution in [1.82, 2.24) is 5.32 Å². The molecule has 3 aromatic rings. The third kappa shape index (κ3) is 8.60. The second-order valence-corrected chi connectivity index (χ2v) is 13.1. The van der Waals surface area contributed by atoms with Crippen LogP contribution in [-0.2, 0) is 16.6 Å². The number of ether oxygens (including phenoxy) is 1. The van der Waals surface area contributed by atoms with Crippen molar-refractivity contribution in [2.45, 2.75) is 77.7 Å². The number of nitrogens with zero attached hydrogens (tertiary/aromatic N) is 2. The highest BCUT2D eigenvalue weighted by Crippen LogP contribution is 2.30. The first-order valence-corrected chi connectivity index (χ1v) is 15.9. The molecule has 1 fully saturated rings. The van der Waals surface area contributed by atoms with E-state index in [0.29, 0.717) is 24.6 Å². The molecule has 1 aliphatic rings. The Kier molecular flexibility index (Phi) is 10.9. The van der Waals surface area contributed by atoms with Crippen molar-refractivity contribution in [3.8, 4) is 5.75 Å². The largest absolute Gasteiger partial charge is 0.494 e.